The molecule has 0 rings (SSSR count). The Balaban J connectivity index is 4.46. The van der Waals surface area contributed by atoms with Gasteiger partial charge in [-0.15, -0.1) is 0 Å². The molecule has 0 aromatic heterocycles. The molecule has 0 aromatic carbocycles. The van der Waals surface area contributed by atoms with Gasteiger partial charge in [0.25, 0.3) is 0 Å². The fourth-order valence-electron chi connectivity index (χ4n) is 1.14. The molecule has 5 heteroatoms. The van der Waals surface area contributed by atoms with Crippen molar-refractivity contribution in [3.8, 4) is 0 Å². The van der Waals surface area contributed by atoms with Crippen molar-refractivity contribution >= 4 is 12.1 Å². The molecule has 0 aliphatic carbocycles. The molecule has 1 N–H and O–H groups in total. The summed E-state index contributed by atoms with van der Waals surface area (Å²) < 4.78 is 4.81. The van der Waals surface area contributed by atoms with E-state index in [-0.39, 0.29) is 18.6 Å². The van der Waals surface area contributed by atoms with Gasteiger partial charge < -0.3 is 9.84 Å². The predicted molar refractivity (Wildman–Crippen MR) is 60.2 cm³/mol. The Morgan fingerprint density at radius 3 is 2.38 bits per heavy atom. The predicted octanol–water partition coefficient (Wildman–Crippen LogP) is 1.74. The Bertz CT molecular complexity index is 268. The van der Waals surface area contributed by atoms with Crippen molar-refractivity contribution in [1.29, 1.82) is 0 Å². The highest BCUT2D eigenvalue weighted by atomic mass is 16.6. The first-order valence-electron chi connectivity index (χ1n) is 5.00. The number of carboxylic acids is 1. The van der Waals surface area contributed by atoms with E-state index in [0.29, 0.717) is 6.54 Å². The second-order valence-corrected chi connectivity index (χ2v) is 4.68. The van der Waals surface area contributed by atoms with E-state index in [4.69, 9.17) is 9.84 Å². The minimum Gasteiger partial charge on any atom is -0.480 e. The molecule has 0 aromatic rings. The molecular weight excluding hydrogens is 210 g/mol. The van der Waals surface area contributed by atoms with E-state index in [9.17, 15) is 9.59 Å². The van der Waals surface area contributed by atoms with Gasteiger partial charge >= 0.3 is 12.1 Å². The molecule has 0 radical (unpaired) electrons. The Kier molecular flexibility index (Phi) is 5.56. The van der Waals surface area contributed by atoms with E-state index < -0.39 is 12.1 Å². The van der Waals surface area contributed by atoms with Gasteiger partial charge in [0.2, 0.25) is 0 Å². The van der Waals surface area contributed by atoms with Crippen molar-refractivity contribution in [3.63, 3.8) is 0 Å². The summed E-state index contributed by atoms with van der Waals surface area (Å²) in [5, 5.41) is 8.69. The first-order chi connectivity index (χ1) is 7.26. The van der Waals surface area contributed by atoms with Gasteiger partial charge in [-0.2, -0.15) is 0 Å². The number of rotatable bonds is 5. The van der Waals surface area contributed by atoms with E-state index in [2.05, 4.69) is 6.58 Å². The maximum Gasteiger partial charge on any atom is 0.410 e. The Hall–Kier alpha value is -1.52. The molecule has 92 valence electrons. The van der Waals surface area contributed by atoms with Crippen LogP contribution in [0.25, 0.3) is 0 Å². The van der Waals surface area contributed by atoms with Crippen LogP contribution in [-0.4, -0.2) is 41.8 Å². The largest absolute Gasteiger partial charge is 0.480 e. The topological polar surface area (TPSA) is 66.8 Å². The van der Waals surface area contributed by atoms with Crippen molar-refractivity contribution in [3.05, 3.63) is 12.7 Å². The zero-order valence-electron chi connectivity index (χ0n) is 10.0. The number of carbonyl (C=O) groups is 2. The monoisotopic (exact) mass is 229 g/mol. The van der Waals surface area contributed by atoms with E-state index in [1.54, 1.807) is 0 Å². The molecular formula is C11H19NO4. The van der Waals surface area contributed by atoms with Gasteiger partial charge in [-0.05, 0) is 5.41 Å². The molecule has 0 atom stereocenters. The minimum absolute atomic E-state index is 0.0824. The molecule has 0 aliphatic rings. The Morgan fingerprint density at radius 1 is 1.44 bits per heavy atom. The third kappa shape index (κ3) is 6.86. The number of amides is 1. The molecule has 0 heterocycles. The maximum atomic E-state index is 11.5. The molecule has 0 aliphatic heterocycles. The molecule has 0 fully saturated rings. The number of hydrogen-bond donors (Lipinski definition) is 1. The standard InChI is InChI=1S/C11H19NO4/c1-5-6-16-10(15)12(7-9(13)14)8-11(2,3)4/h5H,1,6-8H2,2-4H3,(H,13,14). The summed E-state index contributed by atoms with van der Waals surface area (Å²) in [4.78, 5) is 23.3. The van der Waals surface area contributed by atoms with E-state index in [1.165, 1.54) is 11.0 Å². The molecule has 0 spiro atoms. The van der Waals surface area contributed by atoms with Crippen LogP contribution in [0.15, 0.2) is 12.7 Å². The van der Waals surface area contributed by atoms with Crippen molar-refractivity contribution in [2.75, 3.05) is 19.7 Å². The van der Waals surface area contributed by atoms with E-state index in [0.717, 1.165) is 0 Å². The third-order valence-corrected chi connectivity index (χ3v) is 1.57. The first-order valence-corrected chi connectivity index (χ1v) is 5.00. The van der Waals surface area contributed by atoms with Gasteiger partial charge in [0.15, 0.2) is 0 Å². The Labute approximate surface area is 95.7 Å². The van der Waals surface area contributed by atoms with Crippen LogP contribution in [-0.2, 0) is 9.53 Å². The minimum atomic E-state index is -1.06. The van der Waals surface area contributed by atoms with Crippen LogP contribution in [0.1, 0.15) is 20.8 Å². The van der Waals surface area contributed by atoms with Crippen LogP contribution in [0, 0.1) is 5.41 Å². The lowest BCUT2D eigenvalue weighted by Crippen LogP contribution is -2.41. The van der Waals surface area contributed by atoms with E-state index >= 15 is 0 Å². The second kappa shape index (κ2) is 6.15. The lowest BCUT2D eigenvalue weighted by atomic mass is 9.96. The SMILES string of the molecule is C=CCOC(=O)N(CC(=O)O)CC(C)(C)C. The summed E-state index contributed by atoms with van der Waals surface area (Å²) >= 11 is 0. The van der Waals surface area contributed by atoms with Crippen LogP contribution in [0.5, 0.6) is 0 Å². The summed E-state index contributed by atoms with van der Waals surface area (Å²) in [5.74, 6) is -1.06. The average Bonchev–Trinajstić information content (AvgIpc) is 2.10. The fourth-order valence-corrected chi connectivity index (χ4v) is 1.14. The van der Waals surface area contributed by atoms with Gasteiger partial charge in [0.05, 0.1) is 0 Å². The second-order valence-electron chi connectivity index (χ2n) is 4.68. The molecule has 0 saturated carbocycles. The molecule has 0 unspecified atom stereocenters. The van der Waals surface area contributed by atoms with Crippen molar-refractivity contribution in [2.24, 2.45) is 5.41 Å². The zero-order valence-corrected chi connectivity index (χ0v) is 10.0. The smallest absolute Gasteiger partial charge is 0.410 e. The average molecular weight is 229 g/mol. The molecule has 16 heavy (non-hydrogen) atoms. The van der Waals surface area contributed by atoms with Gasteiger partial charge in [0, 0.05) is 6.54 Å². The van der Waals surface area contributed by atoms with Crippen molar-refractivity contribution < 1.29 is 19.4 Å². The lowest BCUT2D eigenvalue weighted by Gasteiger charge is -2.27. The van der Waals surface area contributed by atoms with Crippen LogP contribution >= 0.6 is 0 Å². The number of hydrogen-bond acceptors (Lipinski definition) is 3. The molecule has 1 amide bonds. The van der Waals surface area contributed by atoms with Crippen LogP contribution < -0.4 is 0 Å². The normalized spacial score (nSPS) is 10.7. The Morgan fingerprint density at radius 2 is 2.00 bits per heavy atom. The summed E-state index contributed by atoms with van der Waals surface area (Å²) in [6.07, 6.45) is 0.811. The summed E-state index contributed by atoms with van der Waals surface area (Å²) in [6, 6.07) is 0. The molecule has 0 saturated heterocycles. The first kappa shape index (κ1) is 14.5. The van der Waals surface area contributed by atoms with Gasteiger partial charge in [0.1, 0.15) is 13.2 Å². The summed E-state index contributed by atoms with van der Waals surface area (Å²) in [5.41, 5.74) is -0.178. The van der Waals surface area contributed by atoms with Gasteiger partial charge in [-0.1, -0.05) is 33.4 Å². The lowest BCUT2D eigenvalue weighted by molar-refractivity contribution is -0.138. The molecule has 5 nitrogen and oxygen atoms in total. The van der Waals surface area contributed by atoms with Crippen LogP contribution in [0.3, 0.4) is 0 Å². The van der Waals surface area contributed by atoms with Gasteiger partial charge in [-0.25, -0.2) is 4.79 Å². The number of ether oxygens (including phenoxy) is 1. The van der Waals surface area contributed by atoms with Crippen molar-refractivity contribution in [1.82, 2.24) is 4.90 Å². The van der Waals surface area contributed by atoms with Crippen LogP contribution in [0.4, 0.5) is 4.79 Å². The van der Waals surface area contributed by atoms with Gasteiger partial charge in [-0.3, -0.25) is 9.69 Å². The van der Waals surface area contributed by atoms with E-state index in [1.807, 2.05) is 20.8 Å². The summed E-state index contributed by atoms with van der Waals surface area (Å²) in [6.45, 7) is 9.23. The highest BCUT2D eigenvalue weighted by Crippen LogP contribution is 2.15. The third-order valence-electron chi connectivity index (χ3n) is 1.57. The fraction of sp³-hybridized carbons (Fsp3) is 0.636. The zero-order chi connectivity index (χ0) is 12.8. The number of nitrogens with zero attached hydrogens (tertiary/aromatic N) is 1. The quantitative estimate of drug-likeness (QED) is 0.729. The maximum absolute atomic E-state index is 11.5. The highest BCUT2D eigenvalue weighted by molar-refractivity contribution is 5.76. The summed E-state index contributed by atoms with van der Waals surface area (Å²) in [7, 11) is 0. The van der Waals surface area contributed by atoms with Crippen molar-refractivity contribution in [2.45, 2.75) is 20.8 Å². The number of aliphatic carboxylic acids is 1. The number of carbonyl (C=O) groups excluding carboxylic acids is 1. The number of carboxylic acid groups (broad SMARTS) is 1. The molecule has 0 bridgehead atoms. The van der Waals surface area contributed by atoms with Crippen LogP contribution in [0.2, 0.25) is 0 Å². The highest BCUT2D eigenvalue weighted by Gasteiger charge is 2.23.